The average molecular weight is 229 g/mol. The van der Waals surface area contributed by atoms with E-state index < -0.39 is 0 Å². The van der Waals surface area contributed by atoms with Crippen LogP contribution in [-0.4, -0.2) is 49.4 Å². The van der Waals surface area contributed by atoms with Crippen molar-refractivity contribution in [2.45, 2.75) is 32.7 Å². The molecule has 0 heterocycles. The number of nitrogens with one attached hydrogen (secondary N) is 2. The molecule has 94 valence electrons. The number of nitrogens with zero attached hydrogens (tertiary/aromatic N) is 1. The molecule has 5 heteroatoms. The fourth-order valence-corrected chi connectivity index (χ4v) is 0.940. The van der Waals surface area contributed by atoms with Gasteiger partial charge in [-0.05, 0) is 20.8 Å². The maximum Gasteiger partial charge on any atom is 0.233 e. The number of carbonyl (C=O) groups excluding carboxylic acids is 2. The van der Waals surface area contributed by atoms with Gasteiger partial charge in [-0.3, -0.25) is 9.59 Å². The molecule has 0 aromatic heterocycles. The van der Waals surface area contributed by atoms with E-state index in [-0.39, 0.29) is 23.9 Å². The molecule has 0 saturated heterocycles. The molecule has 0 unspecified atom stereocenters. The summed E-state index contributed by atoms with van der Waals surface area (Å²) in [6.07, 6.45) is 0.342. The minimum absolute atomic E-state index is 0.0177. The lowest BCUT2D eigenvalue weighted by molar-refractivity contribution is -0.128. The molecule has 2 amide bonds. The van der Waals surface area contributed by atoms with Crippen molar-refractivity contribution >= 4 is 11.8 Å². The third kappa shape index (κ3) is 8.23. The highest BCUT2D eigenvalue weighted by atomic mass is 16.2. The van der Waals surface area contributed by atoms with Crippen molar-refractivity contribution in [2.24, 2.45) is 0 Å². The second-order valence-electron chi connectivity index (χ2n) is 4.99. The molecule has 0 aliphatic rings. The number of rotatable bonds is 5. The summed E-state index contributed by atoms with van der Waals surface area (Å²) in [5.41, 5.74) is -0.0726. The van der Waals surface area contributed by atoms with Gasteiger partial charge in [-0.25, -0.2) is 0 Å². The van der Waals surface area contributed by atoms with Gasteiger partial charge < -0.3 is 15.5 Å². The van der Waals surface area contributed by atoms with Crippen LogP contribution >= 0.6 is 0 Å². The molecule has 0 spiro atoms. The molecule has 2 N–H and O–H groups in total. The van der Waals surface area contributed by atoms with Crippen molar-refractivity contribution in [3.63, 3.8) is 0 Å². The number of carbonyl (C=O) groups is 2. The lowest BCUT2D eigenvalue weighted by Gasteiger charge is -2.20. The highest BCUT2D eigenvalue weighted by Gasteiger charge is 2.11. The quantitative estimate of drug-likeness (QED) is 0.696. The summed E-state index contributed by atoms with van der Waals surface area (Å²) in [6.45, 7) is 6.66. The molecule has 0 aromatic carbocycles. The van der Waals surface area contributed by atoms with Crippen LogP contribution in [0.3, 0.4) is 0 Å². The molecular weight excluding hydrogens is 206 g/mol. The molecule has 0 radical (unpaired) electrons. The zero-order valence-electron chi connectivity index (χ0n) is 10.9. The average Bonchev–Trinajstić information content (AvgIpc) is 2.13. The van der Waals surface area contributed by atoms with Crippen molar-refractivity contribution in [2.75, 3.05) is 27.2 Å². The minimum Gasteiger partial charge on any atom is -0.354 e. The Bertz CT molecular complexity index is 244. The summed E-state index contributed by atoms with van der Waals surface area (Å²) in [5.74, 6) is -0.0643. The molecule has 0 bridgehead atoms. The smallest absolute Gasteiger partial charge is 0.233 e. The van der Waals surface area contributed by atoms with Gasteiger partial charge in [0.1, 0.15) is 0 Å². The summed E-state index contributed by atoms with van der Waals surface area (Å²) in [6, 6.07) is 0. The van der Waals surface area contributed by atoms with Gasteiger partial charge in [0.25, 0.3) is 0 Å². The first-order valence-electron chi connectivity index (χ1n) is 5.44. The second kappa shape index (κ2) is 6.48. The van der Waals surface area contributed by atoms with E-state index in [1.54, 1.807) is 14.1 Å². The van der Waals surface area contributed by atoms with Gasteiger partial charge in [-0.1, -0.05) is 0 Å². The fraction of sp³-hybridized carbons (Fsp3) is 0.818. The highest BCUT2D eigenvalue weighted by Crippen LogP contribution is 1.96. The van der Waals surface area contributed by atoms with Crippen molar-refractivity contribution in [3.8, 4) is 0 Å². The van der Waals surface area contributed by atoms with Crippen LogP contribution in [0.2, 0.25) is 0 Å². The number of hydrogen-bond donors (Lipinski definition) is 2. The SMILES string of the molecule is CN(C)C(=O)CCNC(=O)CNC(C)(C)C. The Balaban J connectivity index is 3.63. The minimum atomic E-state index is -0.0820. The summed E-state index contributed by atoms with van der Waals surface area (Å²) < 4.78 is 0. The van der Waals surface area contributed by atoms with Crippen LogP contribution in [0.5, 0.6) is 0 Å². The van der Waals surface area contributed by atoms with Crippen LogP contribution in [-0.2, 0) is 9.59 Å². The van der Waals surface area contributed by atoms with Crippen molar-refractivity contribution in [1.82, 2.24) is 15.5 Å². The van der Waals surface area contributed by atoms with Crippen LogP contribution < -0.4 is 10.6 Å². The largest absolute Gasteiger partial charge is 0.354 e. The molecule has 0 rings (SSSR count). The molecule has 0 saturated carbocycles. The number of hydrogen-bond acceptors (Lipinski definition) is 3. The first kappa shape index (κ1) is 14.9. The molecule has 0 aromatic rings. The zero-order chi connectivity index (χ0) is 12.8. The van der Waals surface area contributed by atoms with Gasteiger partial charge in [0.15, 0.2) is 0 Å². The summed E-state index contributed by atoms with van der Waals surface area (Å²) >= 11 is 0. The molecule has 16 heavy (non-hydrogen) atoms. The Labute approximate surface area is 97.6 Å². The number of amides is 2. The van der Waals surface area contributed by atoms with E-state index in [1.165, 1.54) is 4.90 Å². The normalized spacial score (nSPS) is 11.1. The highest BCUT2D eigenvalue weighted by molar-refractivity contribution is 5.80. The van der Waals surface area contributed by atoms with Crippen molar-refractivity contribution in [3.05, 3.63) is 0 Å². The van der Waals surface area contributed by atoms with E-state index in [0.29, 0.717) is 13.0 Å². The first-order valence-corrected chi connectivity index (χ1v) is 5.44. The molecular formula is C11H23N3O2. The Morgan fingerprint density at radius 1 is 1.19 bits per heavy atom. The molecule has 0 atom stereocenters. The maximum atomic E-state index is 11.3. The van der Waals surface area contributed by atoms with E-state index in [0.717, 1.165) is 0 Å². The molecule has 0 aliphatic heterocycles. The van der Waals surface area contributed by atoms with Gasteiger partial charge in [0, 0.05) is 32.6 Å². The summed E-state index contributed by atoms with van der Waals surface area (Å²) in [5, 5.41) is 5.77. The predicted octanol–water partition coefficient (Wildman–Crippen LogP) is -0.0310. The van der Waals surface area contributed by atoms with E-state index in [2.05, 4.69) is 10.6 Å². The Hall–Kier alpha value is -1.10. The third-order valence-corrected chi connectivity index (χ3v) is 1.94. The van der Waals surface area contributed by atoms with Crippen LogP contribution in [0.1, 0.15) is 27.2 Å². The first-order chi connectivity index (χ1) is 7.22. The van der Waals surface area contributed by atoms with E-state index in [1.807, 2.05) is 20.8 Å². The standard InChI is InChI=1S/C11H23N3O2/c1-11(2,3)13-8-9(15)12-7-6-10(16)14(4)5/h13H,6-8H2,1-5H3,(H,12,15). The summed E-state index contributed by atoms with van der Waals surface area (Å²) in [4.78, 5) is 24.1. The lowest BCUT2D eigenvalue weighted by Crippen LogP contribution is -2.43. The zero-order valence-corrected chi connectivity index (χ0v) is 10.9. The fourth-order valence-electron chi connectivity index (χ4n) is 0.940. The lowest BCUT2D eigenvalue weighted by atomic mass is 10.1. The monoisotopic (exact) mass is 229 g/mol. The van der Waals surface area contributed by atoms with E-state index in [4.69, 9.17) is 0 Å². The third-order valence-electron chi connectivity index (χ3n) is 1.94. The molecule has 0 aliphatic carbocycles. The Kier molecular flexibility index (Phi) is 6.03. The Morgan fingerprint density at radius 3 is 2.19 bits per heavy atom. The van der Waals surface area contributed by atoms with Gasteiger partial charge >= 0.3 is 0 Å². The van der Waals surface area contributed by atoms with Crippen molar-refractivity contribution in [1.29, 1.82) is 0 Å². The second-order valence-corrected chi connectivity index (χ2v) is 4.99. The summed E-state index contributed by atoms with van der Waals surface area (Å²) in [7, 11) is 3.40. The van der Waals surface area contributed by atoms with Crippen LogP contribution in [0.15, 0.2) is 0 Å². The van der Waals surface area contributed by atoms with Crippen LogP contribution in [0.25, 0.3) is 0 Å². The topological polar surface area (TPSA) is 61.4 Å². The van der Waals surface area contributed by atoms with Gasteiger partial charge in [0.2, 0.25) is 11.8 Å². The van der Waals surface area contributed by atoms with E-state index >= 15 is 0 Å². The molecule has 0 fully saturated rings. The van der Waals surface area contributed by atoms with Crippen LogP contribution in [0.4, 0.5) is 0 Å². The maximum absolute atomic E-state index is 11.3. The van der Waals surface area contributed by atoms with Gasteiger partial charge in [0.05, 0.1) is 6.54 Å². The predicted molar refractivity (Wildman–Crippen MR) is 64.1 cm³/mol. The van der Waals surface area contributed by atoms with Crippen molar-refractivity contribution < 1.29 is 9.59 Å². The van der Waals surface area contributed by atoms with E-state index in [9.17, 15) is 9.59 Å². The van der Waals surface area contributed by atoms with Crippen LogP contribution in [0, 0.1) is 0 Å². The Morgan fingerprint density at radius 2 is 1.75 bits per heavy atom. The molecule has 5 nitrogen and oxygen atoms in total. The van der Waals surface area contributed by atoms with Gasteiger partial charge in [-0.2, -0.15) is 0 Å². The van der Waals surface area contributed by atoms with Gasteiger partial charge in [-0.15, -0.1) is 0 Å².